The van der Waals surface area contributed by atoms with Crippen LogP contribution in [0.3, 0.4) is 0 Å². The molecule has 4 rings (SSSR count). The number of para-hydroxylation sites is 2. The topological polar surface area (TPSA) is 41.5 Å². The minimum absolute atomic E-state index is 0.0454. The highest BCUT2D eigenvalue weighted by atomic mass is 35.5. The van der Waals surface area contributed by atoms with E-state index in [4.69, 9.17) is 16.6 Å². The molecule has 2 aromatic rings. The lowest BCUT2D eigenvalue weighted by Gasteiger charge is -2.37. The molecule has 128 valence electrons. The van der Waals surface area contributed by atoms with Crippen LogP contribution in [0.25, 0.3) is 0 Å². The van der Waals surface area contributed by atoms with Crippen LogP contribution in [0.2, 0.25) is 5.02 Å². The monoisotopic (exact) mass is 352 g/mol. The van der Waals surface area contributed by atoms with Crippen molar-refractivity contribution < 1.29 is 4.79 Å². The van der Waals surface area contributed by atoms with Gasteiger partial charge in [0.2, 0.25) is 0 Å². The van der Waals surface area contributed by atoms with Crippen LogP contribution in [0, 0.1) is 11.3 Å². The summed E-state index contributed by atoms with van der Waals surface area (Å²) in [5.41, 5.74) is 3.88. The Balaban J connectivity index is 1.86. The van der Waals surface area contributed by atoms with Crippen LogP contribution in [0.4, 0.5) is 11.4 Å². The first-order chi connectivity index (χ1) is 11.9. The van der Waals surface area contributed by atoms with Crippen molar-refractivity contribution >= 4 is 34.5 Å². The lowest BCUT2D eigenvalue weighted by Crippen LogP contribution is -2.42. The minimum atomic E-state index is -0.235. The molecule has 0 radical (unpaired) electrons. The van der Waals surface area contributed by atoms with Crippen LogP contribution >= 0.6 is 11.6 Å². The Kier molecular flexibility index (Phi) is 3.92. The quantitative estimate of drug-likeness (QED) is 0.727. The van der Waals surface area contributed by atoms with Gasteiger partial charge >= 0.3 is 0 Å². The molecular formula is C21H21ClN2O. The first kappa shape index (κ1) is 16.3. The molecule has 3 nitrogen and oxygen atoms in total. The highest BCUT2D eigenvalue weighted by molar-refractivity contribution is 6.30. The van der Waals surface area contributed by atoms with Crippen LogP contribution in [-0.4, -0.2) is 11.5 Å². The van der Waals surface area contributed by atoms with E-state index in [9.17, 15) is 4.79 Å². The maximum atomic E-state index is 13.1. The maximum absolute atomic E-state index is 13.1. The summed E-state index contributed by atoms with van der Waals surface area (Å²) in [6.07, 6.45) is 1.42. The largest absolute Gasteiger partial charge is 0.375 e. The second-order valence-corrected chi connectivity index (χ2v) is 8.19. The highest BCUT2D eigenvalue weighted by Crippen LogP contribution is 2.44. The summed E-state index contributed by atoms with van der Waals surface area (Å²) in [4.78, 5) is 18.0. The van der Waals surface area contributed by atoms with E-state index >= 15 is 0 Å². The van der Waals surface area contributed by atoms with Gasteiger partial charge in [-0.2, -0.15) is 0 Å². The number of carbonyl (C=O) groups excluding carboxylic acids is 1. The summed E-state index contributed by atoms with van der Waals surface area (Å²) in [6, 6.07) is 15.6. The molecule has 0 spiro atoms. The first-order valence-electron chi connectivity index (χ1n) is 8.64. The molecule has 25 heavy (non-hydrogen) atoms. The number of halogens is 1. The van der Waals surface area contributed by atoms with Crippen molar-refractivity contribution in [3.8, 4) is 0 Å². The predicted molar refractivity (Wildman–Crippen MR) is 103 cm³/mol. The minimum Gasteiger partial charge on any atom is -0.375 e. The standard InChI is InChI=1S/C21H21ClN2O/c1-21(2)11-17-19(18(25)12-21)20(13-7-9-14(22)10-8-13)24-16-6-4-3-5-15(16)23-17/h3-10,19-20,24H,11-12H2,1-2H3/t19?,20-/m0/s1. The SMILES string of the molecule is CC1(C)CC(=O)C2C(=Nc3ccccc3N[C@H]2c2ccc(Cl)cc2)C1. The van der Waals surface area contributed by atoms with Crippen LogP contribution in [0.15, 0.2) is 53.5 Å². The third-order valence-corrected chi connectivity index (χ3v) is 5.31. The molecule has 1 saturated carbocycles. The molecule has 2 atom stereocenters. The van der Waals surface area contributed by atoms with E-state index in [0.29, 0.717) is 11.4 Å². The molecule has 0 aromatic heterocycles. The zero-order valence-corrected chi connectivity index (χ0v) is 15.2. The van der Waals surface area contributed by atoms with Crippen molar-refractivity contribution in [1.82, 2.24) is 0 Å². The van der Waals surface area contributed by atoms with Crippen molar-refractivity contribution in [2.45, 2.75) is 32.7 Å². The smallest absolute Gasteiger partial charge is 0.144 e. The highest BCUT2D eigenvalue weighted by Gasteiger charge is 2.43. The van der Waals surface area contributed by atoms with Crippen LogP contribution in [0.5, 0.6) is 0 Å². The van der Waals surface area contributed by atoms with Crippen molar-refractivity contribution in [3.05, 3.63) is 59.1 Å². The van der Waals surface area contributed by atoms with Gasteiger partial charge in [-0.05, 0) is 41.7 Å². The molecule has 1 aliphatic heterocycles. The molecule has 1 heterocycles. The summed E-state index contributed by atoms with van der Waals surface area (Å²) >= 11 is 6.06. The number of benzene rings is 2. The Morgan fingerprint density at radius 2 is 1.80 bits per heavy atom. The maximum Gasteiger partial charge on any atom is 0.144 e. The van der Waals surface area contributed by atoms with Crippen LogP contribution < -0.4 is 5.32 Å². The Morgan fingerprint density at radius 3 is 2.56 bits per heavy atom. The lowest BCUT2D eigenvalue weighted by atomic mass is 9.68. The molecule has 1 fully saturated rings. The van der Waals surface area contributed by atoms with Gasteiger partial charge < -0.3 is 5.32 Å². The first-order valence-corrected chi connectivity index (χ1v) is 9.02. The Labute approximate surface area is 153 Å². The van der Waals surface area contributed by atoms with Crippen molar-refractivity contribution in [3.63, 3.8) is 0 Å². The Morgan fingerprint density at radius 1 is 1.08 bits per heavy atom. The third-order valence-electron chi connectivity index (χ3n) is 5.06. The molecule has 0 saturated heterocycles. The summed E-state index contributed by atoms with van der Waals surface area (Å²) < 4.78 is 0. The molecule has 1 N–H and O–H groups in total. The van der Waals surface area contributed by atoms with Crippen LogP contribution in [0.1, 0.15) is 38.3 Å². The van der Waals surface area contributed by atoms with E-state index in [0.717, 1.165) is 29.1 Å². The fourth-order valence-electron chi connectivity index (χ4n) is 3.96. The summed E-state index contributed by atoms with van der Waals surface area (Å²) in [7, 11) is 0. The van der Waals surface area contributed by atoms with Gasteiger partial charge in [0.1, 0.15) is 5.78 Å². The van der Waals surface area contributed by atoms with Gasteiger partial charge in [-0.3, -0.25) is 9.79 Å². The fraction of sp³-hybridized carbons (Fsp3) is 0.333. The van der Waals surface area contributed by atoms with E-state index in [1.165, 1.54) is 0 Å². The van der Waals surface area contributed by atoms with Gasteiger partial charge in [-0.15, -0.1) is 0 Å². The van der Waals surface area contributed by atoms with Crippen molar-refractivity contribution in [1.29, 1.82) is 0 Å². The summed E-state index contributed by atoms with van der Waals surface area (Å²) in [6.45, 7) is 4.29. The Bertz CT molecular complexity index is 854. The number of ketones is 1. The van der Waals surface area contributed by atoms with Gasteiger partial charge in [0, 0.05) is 17.2 Å². The van der Waals surface area contributed by atoms with E-state index < -0.39 is 0 Å². The number of hydrogen-bond acceptors (Lipinski definition) is 3. The summed E-state index contributed by atoms with van der Waals surface area (Å²) in [5.74, 6) is 0.0249. The number of Topliss-reactive ketones (excluding diaryl/α,β-unsaturated/α-hetero) is 1. The van der Waals surface area contributed by atoms with Crippen molar-refractivity contribution in [2.75, 3.05) is 5.32 Å². The van der Waals surface area contributed by atoms with Gasteiger partial charge in [0.25, 0.3) is 0 Å². The number of fused-ring (bicyclic) bond motifs is 2. The molecule has 1 unspecified atom stereocenters. The number of nitrogens with zero attached hydrogens (tertiary/aromatic N) is 1. The molecule has 4 heteroatoms. The van der Waals surface area contributed by atoms with Gasteiger partial charge in [0.05, 0.1) is 23.3 Å². The van der Waals surface area contributed by atoms with Crippen LogP contribution in [-0.2, 0) is 4.79 Å². The average Bonchev–Trinajstić information content (AvgIpc) is 2.70. The van der Waals surface area contributed by atoms with E-state index in [2.05, 4.69) is 19.2 Å². The molecule has 2 aromatic carbocycles. The number of rotatable bonds is 1. The van der Waals surface area contributed by atoms with E-state index in [1.807, 2.05) is 48.5 Å². The summed E-state index contributed by atoms with van der Waals surface area (Å²) in [5, 5.41) is 4.27. The molecular weight excluding hydrogens is 332 g/mol. The number of anilines is 1. The molecule has 0 amide bonds. The average molecular weight is 353 g/mol. The zero-order valence-electron chi connectivity index (χ0n) is 14.4. The Hall–Kier alpha value is -2.13. The number of aliphatic imine (C=N–C) groups is 1. The van der Waals surface area contributed by atoms with E-state index in [-0.39, 0.29) is 23.2 Å². The second kappa shape index (κ2) is 5.99. The number of carbonyl (C=O) groups is 1. The second-order valence-electron chi connectivity index (χ2n) is 7.76. The number of nitrogens with one attached hydrogen (secondary N) is 1. The van der Waals surface area contributed by atoms with E-state index in [1.54, 1.807) is 0 Å². The molecule has 2 aliphatic rings. The predicted octanol–water partition coefficient (Wildman–Crippen LogP) is 5.58. The third kappa shape index (κ3) is 3.09. The van der Waals surface area contributed by atoms with Crippen molar-refractivity contribution in [2.24, 2.45) is 16.3 Å². The lowest BCUT2D eigenvalue weighted by molar-refractivity contribution is -0.124. The molecule has 1 aliphatic carbocycles. The molecule has 0 bridgehead atoms. The normalized spacial score (nSPS) is 24.4. The van der Waals surface area contributed by atoms with Gasteiger partial charge in [0.15, 0.2) is 0 Å². The number of hydrogen-bond donors (Lipinski definition) is 1. The van der Waals surface area contributed by atoms with Gasteiger partial charge in [-0.25, -0.2) is 0 Å². The fourth-order valence-corrected chi connectivity index (χ4v) is 4.09. The zero-order chi connectivity index (χ0) is 17.6. The van der Waals surface area contributed by atoms with Gasteiger partial charge in [-0.1, -0.05) is 49.7 Å².